The highest BCUT2D eigenvalue weighted by molar-refractivity contribution is 9.10. The summed E-state index contributed by atoms with van der Waals surface area (Å²) in [6, 6.07) is 8.40. The summed E-state index contributed by atoms with van der Waals surface area (Å²) < 4.78 is 3.41. The van der Waals surface area contributed by atoms with E-state index in [-0.39, 0.29) is 0 Å². The van der Waals surface area contributed by atoms with Crippen LogP contribution in [0.5, 0.6) is 0 Å². The van der Waals surface area contributed by atoms with Gasteiger partial charge in [-0.1, -0.05) is 34.1 Å². The lowest BCUT2D eigenvalue weighted by molar-refractivity contribution is 0.810. The molecule has 0 saturated heterocycles. The first-order valence-electron chi connectivity index (χ1n) is 4.12. The van der Waals surface area contributed by atoms with Crippen LogP contribution in [-0.4, -0.2) is 9.90 Å². The highest BCUT2D eigenvalue weighted by Gasteiger charge is 2.03. The van der Waals surface area contributed by atoms with Crippen molar-refractivity contribution in [2.24, 2.45) is 0 Å². The van der Waals surface area contributed by atoms with E-state index < -0.39 is 0 Å². The van der Waals surface area contributed by atoms with Gasteiger partial charge in [-0.3, -0.25) is 0 Å². The topological polar surface area (TPSA) is 4.93 Å². The van der Waals surface area contributed by atoms with Crippen LogP contribution in [0, 0.1) is 0 Å². The molecule has 0 fully saturated rings. The van der Waals surface area contributed by atoms with Crippen molar-refractivity contribution in [2.45, 2.75) is 6.54 Å². The van der Waals surface area contributed by atoms with Gasteiger partial charge in [0.2, 0.25) is 0 Å². The predicted octanol–water partition coefficient (Wildman–Crippen LogP) is 3.80. The first kappa shape index (κ1) is 9.28. The highest BCUT2D eigenvalue weighted by Crippen LogP contribution is 2.25. The van der Waals surface area contributed by atoms with Gasteiger partial charge in [-0.05, 0) is 22.0 Å². The number of benzene rings is 1. The molecule has 0 bridgehead atoms. The molecule has 2 aromatic rings. The predicted molar refractivity (Wildman–Crippen MR) is 63.4 cm³/mol. The van der Waals surface area contributed by atoms with E-state index in [1.807, 2.05) is 0 Å². The van der Waals surface area contributed by atoms with Crippen molar-refractivity contribution in [1.82, 2.24) is 4.57 Å². The Morgan fingerprint density at radius 3 is 2.77 bits per heavy atom. The number of aryl methyl sites for hydroxylation is 1. The van der Waals surface area contributed by atoms with Gasteiger partial charge in [-0.25, -0.2) is 0 Å². The number of hydrogen-bond donors (Lipinski definition) is 0. The Hall–Kier alpha value is -0.280. The molecular formula is C10H9Br2N. The number of nitrogens with zero attached hydrogens (tertiary/aromatic N) is 1. The maximum absolute atomic E-state index is 3.55. The number of aromatic nitrogens is 1. The zero-order valence-corrected chi connectivity index (χ0v) is 10.2. The summed E-state index contributed by atoms with van der Waals surface area (Å²) in [5.74, 6) is 0. The van der Waals surface area contributed by atoms with Gasteiger partial charge in [-0.2, -0.15) is 0 Å². The second kappa shape index (κ2) is 3.84. The van der Waals surface area contributed by atoms with Crippen LogP contribution in [0.25, 0.3) is 10.9 Å². The number of alkyl halides is 1. The fourth-order valence-electron chi connectivity index (χ4n) is 1.48. The summed E-state index contributed by atoms with van der Waals surface area (Å²) in [5.41, 5.74) is 1.29. The third-order valence-corrected chi connectivity index (χ3v) is 3.05. The van der Waals surface area contributed by atoms with Crippen molar-refractivity contribution in [2.75, 3.05) is 5.33 Å². The van der Waals surface area contributed by atoms with Crippen LogP contribution in [0.1, 0.15) is 0 Å². The van der Waals surface area contributed by atoms with Gasteiger partial charge in [0.1, 0.15) is 0 Å². The molecular weight excluding hydrogens is 294 g/mol. The summed E-state index contributed by atoms with van der Waals surface area (Å²) in [6.07, 6.45) is 2.13. The molecule has 0 radical (unpaired) electrons. The Morgan fingerprint density at radius 2 is 2.00 bits per heavy atom. The van der Waals surface area contributed by atoms with Crippen LogP contribution in [-0.2, 0) is 6.54 Å². The normalized spacial score (nSPS) is 10.9. The molecule has 1 aromatic carbocycles. The molecule has 3 heteroatoms. The molecule has 13 heavy (non-hydrogen) atoms. The molecule has 0 amide bonds. The average molecular weight is 303 g/mol. The van der Waals surface area contributed by atoms with Gasteiger partial charge >= 0.3 is 0 Å². The molecule has 0 aliphatic carbocycles. The van der Waals surface area contributed by atoms with Gasteiger partial charge in [0.15, 0.2) is 0 Å². The van der Waals surface area contributed by atoms with Crippen molar-refractivity contribution < 1.29 is 0 Å². The lowest BCUT2D eigenvalue weighted by Crippen LogP contribution is -1.95. The second-order valence-electron chi connectivity index (χ2n) is 2.88. The van der Waals surface area contributed by atoms with E-state index in [1.165, 1.54) is 15.4 Å². The third kappa shape index (κ3) is 1.67. The zero-order valence-electron chi connectivity index (χ0n) is 7.00. The Labute approximate surface area is 94.0 Å². The van der Waals surface area contributed by atoms with Gasteiger partial charge in [0.05, 0.1) is 0 Å². The van der Waals surface area contributed by atoms with E-state index in [9.17, 15) is 0 Å². The van der Waals surface area contributed by atoms with E-state index in [0.717, 1.165) is 11.9 Å². The maximum atomic E-state index is 3.55. The van der Waals surface area contributed by atoms with Gasteiger partial charge in [-0.15, -0.1) is 0 Å². The van der Waals surface area contributed by atoms with Gasteiger partial charge in [0.25, 0.3) is 0 Å². The molecule has 0 saturated carbocycles. The fraction of sp³-hybridized carbons (Fsp3) is 0.200. The fourth-order valence-corrected chi connectivity index (χ4v) is 2.44. The van der Waals surface area contributed by atoms with Crippen molar-refractivity contribution >= 4 is 42.8 Å². The van der Waals surface area contributed by atoms with Crippen molar-refractivity contribution in [3.05, 3.63) is 34.9 Å². The summed E-state index contributed by atoms with van der Waals surface area (Å²) in [5, 5.41) is 2.27. The first-order chi connectivity index (χ1) is 6.33. The number of halogens is 2. The lowest BCUT2D eigenvalue weighted by atomic mass is 10.2. The van der Waals surface area contributed by atoms with Gasteiger partial charge < -0.3 is 4.57 Å². The van der Waals surface area contributed by atoms with Crippen LogP contribution in [0.3, 0.4) is 0 Å². The minimum Gasteiger partial charge on any atom is -0.345 e. The first-order valence-corrected chi connectivity index (χ1v) is 6.03. The Balaban J connectivity index is 2.63. The average Bonchev–Trinajstić information content (AvgIpc) is 2.46. The largest absolute Gasteiger partial charge is 0.345 e. The third-order valence-electron chi connectivity index (χ3n) is 2.07. The van der Waals surface area contributed by atoms with Crippen LogP contribution in [0.15, 0.2) is 34.9 Å². The number of hydrogen-bond acceptors (Lipinski definition) is 0. The van der Waals surface area contributed by atoms with Crippen molar-refractivity contribution in [3.8, 4) is 0 Å². The molecule has 0 spiro atoms. The van der Waals surface area contributed by atoms with E-state index in [0.29, 0.717) is 0 Å². The van der Waals surface area contributed by atoms with E-state index >= 15 is 0 Å². The maximum Gasteiger partial charge on any atom is 0.0492 e. The van der Waals surface area contributed by atoms with Gasteiger partial charge in [0, 0.05) is 33.4 Å². The SMILES string of the molecule is BrCCn1cc(Br)c2ccccc21. The molecule has 68 valence electrons. The molecule has 0 unspecified atom stereocenters. The van der Waals surface area contributed by atoms with E-state index in [4.69, 9.17) is 0 Å². The van der Waals surface area contributed by atoms with E-state index in [1.54, 1.807) is 0 Å². The lowest BCUT2D eigenvalue weighted by Gasteiger charge is -2.00. The van der Waals surface area contributed by atoms with Crippen LogP contribution < -0.4 is 0 Å². The minimum atomic E-state index is 0.984. The molecule has 0 aliphatic heterocycles. The molecule has 1 nitrogen and oxygen atoms in total. The molecule has 2 rings (SSSR count). The molecule has 0 aliphatic rings. The van der Waals surface area contributed by atoms with Crippen LogP contribution in [0.4, 0.5) is 0 Å². The summed E-state index contributed by atoms with van der Waals surface area (Å²) in [4.78, 5) is 0. The van der Waals surface area contributed by atoms with Crippen molar-refractivity contribution in [1.29, 1.82) is 0 Å². The van der Waals surface area contributed by atoms with E-state index in [2.05, 4.69) is 66.9 Å². The molecule has 0 atom stereocenters. The molecule has 1 aromatic heterocycles. The number of fused-ring (bicyclic) bond motifs is 1. The van der Waals surface area contributed by atoms with Crippen LogP contribution >= 0.6 is 31.9 Å². The summed E-state index contributed by atoms with van der Waals surface area (Å²) >= 11 is 7.00. The van der Waals surface area contributed by atoms with Crippen molar-refractivity contribution in [3.63, 3.8) is 0 Å². The molecule has 0 N–H and O–H groups in total. The second-order valence-corrected chi connectivity index (χ2v) is 4.52. The Bertz CT molecular complexity index is 420. The Morgan fingerprint density at radius 1 is 1.23 bits per heavy atom. The summed E-state index contributed by atoms with van der Waals surface area (Å²) in [7, 11) is 0. The highest BCUT2D eigenvalue weighted by atomic mass is 79.9. The standard InChI is InChI=1S/C10H9Br2N/c11-5-6-13-7-9(12)8-3-1-2-4-10(8)13/h1-4,7H,5-6H2. The number of rotatable bonds is 2. The van der Waals surface area contributed by atoms with Crippen LogP contribution in [0.2, 0.25) is 0 Å². The molecule has 1 heterocycles. The zero-order chi connectivity index (χ0) is 9.26. The number of para-hydroxylation sites is 1. The quantitative estimate of drug-likeness (QED) is 0.744. The minimum absolute atomic E-state index is 0.984. The summed E-state index contributed by atoms with van der Waals surface area (Å²) in [6.45, 7) is 1.01. The monoisotopic (exact) mass is 301 g/mol. The smallest absolute Gasteiger partial charge is 0.0492 e. The Kier molecular flexibility index (Phi) is 2.74.